The second kappa shape index (κ2) is 65.6. The minimum absolute atomic E-state index is 0.132. The normalized spacial score (nSPS) is 21.8. The van der Waals surface area contributed by atoms with Crippen molar-refractivity contribution in [3.05, 3.63) is 0 Å². The Balaban J connectivity index is 2.55. The van der Waals surface area contributed by atoms with Gasteiger partial charge in [-0.2, -0.15) is 0 Å². The van der Waals surface area contributed by atoms with E-state index in [2.05, 4.69) is 49.9 Å². The fourth-order valence-corrected chi connectivity index (χ4v) is 15.1. The van der Waals surface area contributed by atoms with E-state index in [1.807, 2.05) is 0 Å². The zero-order valence-electron chi connectivity index (χ0n) is 67.1. The first-order chi connectivity index (χ1) is 51.4. The Morgan fingerprint density at radius 1 is 0.425 bits per heavy atom. The van der Waals surface area contributed by atoms with E-state index in [0.717, 1.165) is 154 Å². The molecule has 2 amide bonds. The molecule has 5 unspecified atom stereocenters. The van der Waals surface area contributed by atoms with Crippen molar-refractivity contribution in [3.63, 3.8) is 0 Å². The molecule has 2 rings (SSSR count). The summed E-state index contributed by atoms with van der Waals surface area (Å²) in [5.41, 5.74) is 0. The molecule has 0 radical (unpaired) electrons. The lowest BCUT2D eigenvalue weighted by atomic mass is 9.95. The predicted octanol–water partition coefficient (Wildman–Crippen LogP) is 16.9. The van der Waals surface area contributed by atoms with Gasteiger partial charge >= 0.3 is 25.7 Å². The highest BCUT2D eigenvalue weighted by Crippen LogP contribution is 2.46. The second-order valence-corrected chi connectivity index (χ2v) is 32.2. The summed E-state index contributed by atoms with van der Waals surface area (Å²) in [6.07, 6.45) is 34.7. The van der Waals surface area contributed by atoms with E-state index in [4.69, 9.17) is 38.8 Å². The van der Waals surface area contributed by atoms with Crippen LogP contribution in [0.15, 0.2) is 0 Å². The lowest BCUT2D eigenvalue weighted by Gasteiger charge is -2.46. The van der Waals surface area contributed by atoms with Crippen LogP contribution in [-0.4, -0.2) is 153 Å². The number of ether oxygens (including phenoxy) is 6. The third kappa shape index (κ3) is 49.5. The van der Waals surface area contributed by atoms with E-state index < -0.39 is 143 Å². The van der Waals surface area contributed by atoms with Crippen LogP contribution in [0.5, 0.6) is 0 Å². The smallest absolute Gasteiger partial charge is 0.462 e. The number of hydrogen-bond acceptors (Lipinski definition) is 20. The van der Waals surface area contributed by atoms with Gasteiger partial charge in [0.1, 0.15) is 54.8 Å². The molecule has 2 heterocycles. The van der Waals surface area contributed by atoms with Crippen molar-refractivity contribution in [2.45, 2.75) is 480 Å². The van der Waals surface area contributed by atoms with Crippen LogP contribution in [-0.2, 0) is 66.1 Å². The molecule has 0 aromatic carbocycles. The number of nitrogens with one attached hydrogen (secondary N) is 2. The molecular weight excluding hydrogens is 1380 g/mol. The molecule has 24 heteroatoms. The molecule has 10 N–H and O–H groups in total. The van der Waals surface area contributed by atoms with Crippen molar-refractivity contribution in [1.29, 1.82) is 0 Å². The van der Waals surface area contributed by atoms with Crippen LogP contribution in [0.25, 0.3) is 0 Å². The van der Waals surface area contributed by atoms with Gasteiger partial charge in [-0.25, -0.2) is 15.1 Å². The summed E-state index contributed by atoms with van der Waals surface area (Å²) in [4.78, 5) is 81.2. The van der Waals surface area contributed by atoms with E-state index in [1.54, 1.807) is 0 Å². The molecule has 23 nitrogen and oxygen atoms in total. The Morgan fingerprint density at radius 2 is 0.774 bits per heavy atom. The first kappa shape index (κ1) is 99.2. The minimum atomic E-state index is -5.29. The van der Waals surface area contributed by atoms with E-state index in [-0.39, 0.29) is 19.3 Å². The van der Waals surface area contributed by atoms with Crippen molar-refractivity contribution in [2.24, 2.45) is 5.90 Å². The highest BCUT2D eigenvalue weighted by molar-refractivity contribution is 7.47. The lowest BCUT2D eigenvalue weighted by Crippen LogP contribution is -2.67. The molecule has 2 saturated heterocycles. The molecule has 0 bridgehead atoms. The zero-order valence-corrected chi connectivity index (χ0v) is 68.0. The first-order valence-corrected chi connectivity index (χ1v) is 44.7. The molecule has 2 aliphatic heterocycles. The van der Waals surface area contributed by atoms with E-state index in [1.165, 1.54) is 128 Å². The van der Waals surface area contributed by atoms with Gasteiger partial charge in [-0.15, -0.1) is 0 Å². The predicted molar refractivity (Wildman–Crippen MR) is 416 cm³/mol. The largest absolute Gasteiger partial charge is 0.489 e. The van der Waals surface area contributed by atoms with Gasteiger partial charge in [0.05, 0.1) is 38.6 Å². The van der Waals surface area contributed by atoms with Crippen molar-refractivity contribution >= 4 is 37.5 Å². The fourth-order valence-electron chi connectivity index (χ4n) is 14.4. The molecule has 0 aromatic rings. The maximum atomic E-state index is 14.9. The molecule has 0 spiro atoms. The van der Waals surface area contributed by atoms with Crippen molar-refractivity contribution in [3.8, 4) is 0 Å². The number of nitrogens with two attached hydrogens (primary N) is 1. The van der Waals surface area contributed by atoms with Crippen LogP contribution in [0.1, 0.15) is 401 Å². The maximum Gasteiger partial charge on any atom is 0.489 e. The summed E-state index contributed by atoms with van der Waals surface area (Å²) < 4.78 is 60.1. The Kier molecular flexibility index (Phi) is 61.4. The summed E-state index contributed by atoms with van der Waals surface area (Å²) in [7, 11) is -5.29. The number of aliphatic hydroxyl groups is 5. The number of unbranched alkanes of at least 4 members (excludes halogenated alkanes) is 44. The maximum absolute atomic E-state index is 14.9. The summed E-state index contributed by atoms with van der Waals surface area (Å²) in [6, 6.07) is -3.30. The number of carbonyl (C=O) groups excluding carboxylic acids is 5. The second-order valence-electron chi connectivity index (χ2n) is 30.8. The SMILES string of the molecule is CCCCCCCCCCCCCC(=O)O[C@H](CCCCCCCCCCC)CC(=O)NC1[C@H](OCC2O[C@H](O)C(NC(=O)C[C@H](O)CCCCCCCCCCC)[C@@H](O)[C@@H]2O)OC(CO)[C@@H](OP(=O)(O)ON)[C@@H]1OC(=O)C[C@@H](CCCCCCCCCCC)OC(=O)CCCCCCCCCCCCC. The summed E-state index contributed by atoms with van der Waals surface area (Å²) in [5.74, 6) is 1.87. The molecule has 0 saturated carbocycles. The number of phosphoric ester groups is 1. The molecule has 2 aliphatic rings. The fraction of sp³-hybridized carbons (Fsp3) is 0.939. The number of rotatable bonds is 72. The van der Waals surface area contributed by atoms with Crippen molar-refractivity contribution < 1.29 is 96.5 Å². The van der Waals surface area contributed by atoms with Gasteiger partial charge < -0.3 is 69.5 Å². The highest BCUT2D eigenvalue weighted by atomic mass is 31.2. The van der Waals surface area contributed by atoms with Crippen LogP contribution < -0.4 is 16.5 Å². The quantitative estimate of drug-likeness (QED) is 0.00898. The first-order valence-electron chi connectivity index (χ1n) is 43.2. The molecule has 14 atom stereocenters. The molecule has 624 valence electrons. The molecule has 0 aliphatic carbocycles. The Labute approximate surface area is 641 Å². The molecule has 0 aromatic heterocycles. The number of esters is 3. The lowest BCUT2D eigenvalue weighted by molar-refractivity contribution is -0.298. The van der Waals surface area contributed by atoms with Crippen LogP contribution >= 0.6 is 7.82 Å². The minimum Gasteiger partial charge on any atom is -0.462 e. The van der Waals surface area contributed by atoms with Crippen LogP contribution in [0.2, 0.25) is 0 Å². The topological polar surface area (TPSA) is 348 Å². The summed E-state index contributed by atoms with van der Waals surface area (Å²) in [6.45, 7) is 9.23. The van der Waals surface area contributed by atoms with Gasteiger partial charge in [-0.1, -0.05) is 324 Å². The van der Waals surface area contributed by atoms with Gasteiger partial charge in [0.15, 0.2) is 18.7 Å². The van der Waals surface area contributed by atoms with Gasteiger partial charge in [0.25, 0.3) is 0 Å². The summed E-state index contributed by atoms with van der Waals surface area (Å²) >= 11 is 0. The van der Waals surface area contributed by atoms with E-state index in [0.29, 0.717) is 51.4 Å². The van der Waals surface area contributed by atoms with E-state index >= 15 is 0 Å². The molecule has 2 fully saturated rings. The third-order valence-corrected chi connectivity index (χ3v) is 21.8. The van der Waals surface area contributed by atoms with E-state index in [9.17, 15) is 59.0 Å². The number of carbonyl (C=O) groups is 5. The Hall–Kier alpha value is -2.90. The molecular formula is C82H156N3O20P. The van der Waals surface area contributed by atoms with Gasteiger partial charge in [-0.3, -0.25) is 28.5 Å². The van der Waals surface area contributed by atoms with Gasteiger partial charge in [-0.05, 0) is 44.9 Å². The Bertz CT molecular complexity index is 2210. The van der Waals surface area contributed by atoms with Crippen LogP contribution in [0.4, 0.5) is 0 Å². The zero-order chi connectivity index (χ0) is 77.7. The van der Waals surface area contributed by atoms with Gasteiger partial charge in [0, 0.05) is 12.8 Å². The number of phosphoric acid groups is 1. The van der Waals surface area contributed by atoms with Gasteiger partial charge in [0.2, 0.25) is 11.8 Å². The van der Waals surface area contributed by atoms with Crippen LogP contribution in [0, 0.1) is 0 Å². The highest BCUT2D eigenvalue weighted by Gasteiger charge is 2.54. The average Bonchev–Trinajstić information content (AvgIpc) is 0.780. The summed E-state index contributed by atoms with van der Waals surface area (Å²) in [5, 5.41) is 61.5. The average molecular weight is 1540 g/mol. The number of amides is 2. The standard InChI is InChI=1S/C82H156N3O20P/c1-6-11-16-21-26-31-33-38-43-48-53-58-72(90)99-66(56-51-46-41-36-29-24-19-14-9-4)61-71(89)85-76-80(103-74(92)62-67(57-52-47-42-37-30-25-20-15-10-5)100-73(91)59-54-49-44-39-34-32-27-22-17-12-7-2)79(104-106(96,97)105-83)68(63-86)102-82(76)98-64-69-77(93)78(94)75(81(95)101-69)84-70(88)60-65(87)55-50-45-40-35-28-23-18-13-8-3/h65-69,75-82,86-87,93-95H,6-64,83H2,1-5H3,(H,84,88)(H,85,89)(H,96,97)/t65-,66-,67-,68?,69?,75?,76?,77-,78-,79-,80-,81+,82-/m1/s1. The Morgan fingerprint density at radius 3 is 1.16 bits per heavy atom. The monoisotopic (exact) mass is 1530 g/mol. The molecule has 106 heavy (non-hydrogen) atoms. The van der Waals surface area contributed by atoms with Crippen molar-refractivity contribution in [2.75, 3.05) is 13.2 Å². The number of hydrogen-bond donors (Lipinski definition) is 9. The number of aliphatic hydroxyl groups excluding tert-OH is 5. The van der Waals surface area contributed by atoms with Crippen molar-refractivity contribution in [1.82, 2.24) is 10.6 Å². The third-order valence-electron chi connectivity index (χ3n) is 21.0. The van der Waals surface area contributed by atoms with Crippen LogP contribution in [0.3, 0.4) is 0 Å².